The van der Waals surface area contributed by atoms with Gasteiger partial charge in [-0.25, -0.2) is 0 Å². The Labute approximate surface area is 172 Å². The predicted octanol–water partition coefficient (Wildman–Crippen LogP) is 2.85. The van der Waals surface area contributed by atoms with Crippen molar-refractivity contribution in [2.75, 3.05) is 33.5 Å². The number of nitrogens with one attached hydrogen (secondary N) is 1. The molecule has 1 N–H and O–H groups in total. The van der Waals surface area contributed by atoms with E-state index in [9.17, 15) is 4.79 Å². The van der Waals surface area contributed by atoms with Crippen LogP contribution in [0.25, 0.3) is 0 Å². The molecular formula is C23H27NO5. The fourth-order valence-corrected chi connectivity index (χ4v) is 2.64. The van der Waals surface area contributed by atoms with Crippen molar-refractivity contribution in [3.63, 3.8) is 0 Å². The number of hydrogen-bond donors (Lipinski definition) is 1. The summed E-state index contributed by atoms with van der Waals surface area (Å²) in [5, 5.41) is 2.90. The summed E-state index contributed by atoms with van der Waals surface area (Å²) >= 11 is 0. The fourth-order valence-electron chi connectivity index (χ4n) is 2.64. The maximum Gasteiger partial charge on any atom is 0.252 e. The topological polar surface area (TPSA) is 66.0 Å². The molecule has 0 aliphatic rings. The van der Waals surface area contributed by atoms with E-state index in [0.29, 0.717) is 36.8 Å². The number of ether oxygens (including phenoxy) is 4. The molecule has 2 aromatic carbocycles. The summed E-state index contributed by atoms with van der Waals surface area (Å²) < 4.78 is 22.0. The lowest BCUT2D eigenvalue weighted by Crippen LogP contribution is -2.41. The van der Waals surface area contributed by atoms with Gasteiger partial charge in [-0.15, -0.1) is 6.42 Å². The van der Waals surface area contributed by atoms with Crippen molar-refractivity contribution in [2.45, 2.75) is 19.4 Å². The molecular weight excluding hydrogens is 370 g/mol. The van der Waals surface area contributed by atoms with Gasteiger partial charge in [-0.2, -0.15) is 0 Å². The van der Waals surface area contributed by atoms with Crippen LogP contribution in [0.1, 0.15) is 12.5 Å². The van der Waals surface area contributed by atoms with Gasteiger partial charge in [0, 0.05) is 13.2 Å². The van der Waals surface area contributed by atoms with E-state index in [2.05, 4.69) is 11.2 Å². The van der Waals surface area contributed by atoms with E-state index < -0.39 is 6.10 Å². The molecule has 0 saturated carbocycles. The van der Waals surface area contributed by atoms with Crippen molar-refractivity contribution >= 4 is 5.91 Å². The van der Waals surface area contributed by atoms with E-state index in [0.717, 1.165) is 5.56 Å². The SMILES string of the molecule is C#CCOc1ccc(CCNC(=O)C(COc2ccccc2)OCC)cc1OC. The Hall–Kier alpha value is -3.17. The third-order valence-electron chi connectivity index (χ3n) is 4.06. The molecule has 6 heteroatoms. The zero-order valence-corrected chi connectivity index (χ0v) is 16.9. The van der Waals surface area contributed by atoms with Crippen LogP contribution in [-0.4, -0.2) is 45.5 Å². The first-order valence-corrected chi connectivity index (χ1v) is 9.48. The maximum atomic E-state index is 12.5. The summed E-state index contributed by atoms with van der Waals surface area (Å²) in [7, 11) is 1.57. The van der Waals surface area contributed by atoms with Crippen LogP contribution in [0.5, 0.6) is 17.2 Å². The lowest BCUT2D eigenvalue weighted by atomic mass is 10.1. The van der Waals surface area contributed by atoms with E-state index in [1.165, 1.54) is 0 Å². The van der Waals surface area contributed by atoms with Crippen molar-refractivity contribution in [2.24, 2.45) is 0 Å². The van der Waals surface area contributed by atoms with Gasteiger partial charge in [-0.05, 0) is 43.2 Å². The molecule has 0 aliphatic carbocycles. The summed E-state index contributed by atoms with van der Waals surface area (Å²) in [6.07, 6.45) is 5.18. The largest absolute Gasteiger partial charge is 0.493 e. The van der Waals surface area contributed by atoms with Gasteiger partial charge in [0.1, 0.15) is 19.0 Å². The van der Waals surface area contributed by atoms with Crippen molar-refractivity contribution in [1.29, 1.82) is 0 Å². The second-order valence-electron chi connectivity index (χ2n) is 6.09. The highest BCUT2D eigenvalue weighted by atomic mass is 16.5. The Morgan fingerprint density at radius 3 is 2.62 bits per heavy atom. The summed E-state index contributed by atoms with van der Waals surface area (Å²) in [5.41, 5.74) is 1.00. The van der Waals surface area contributed by atoms with Crippen LogP contribution in [0.2, 0.25) is 0 Å². The minimum Gasteiger partial charge on any atom is -0.493 e. The van der Waals surface area contributed by atoms with Crippen LogP contribution in [0.15, 0.2) is 48.5 Å². The summed E-state index contributed by atoms with van der Waals surface area (Å²) in [4.78, 5) is 12.5. The normalized spacial score (nSPS) is 11.2. The van der Waals surface area contributed by atoms with Gasteiger partial charge in [-0.1, -0.05) is 30.2 Å². The standard InChI is InChI=1S/C23H27NO5/c1-4-15-28-20-12-11-18(16-21(20)26-3)13-14-24-23(25)22(27-5-2)17-29-19-9-7-6-8-10-19/h1,6-12,16,22H,5,13-15,17H2,2-3H3,(H,24,25). The van der Waals surface area contributed by atoms with Crippen LogP contribution in [-0.2, 0) is 16.0 Å². The molecule has 29 heavy (non-hydrogen) atoms. The number of benzene rings is 2. The fraction of sp³-hybridized carbons (Fsp3) is 0.348. The van der Waals surface area contributed by atoms with E-state index in [4.69, 9.17) is 25.4 Å². The number of carbonyl (C=O) groups excluding carboxylic acids is 1. The molecule has 2 rings (SSSR count). The number of carbonyl (C=O) groups is 1. The van der Waals surface area contributed by atoms with Gasteiger partial charge in [0.2, 0.25) is 0 Å². The molecule has 0 aromatic heterocycles. The van der Waals surface area contributed by atoms with Crippen LogP contribution in [0.3, 0.4) is 0 Å². The summed E-state index contributed by atoms with van der Waals surface area (Å²) in [6, 6.07) is 14.9. The van der Waals surface area contributed by atoms with E-state index in [1.54, 1.807) is 7.11 Å². The number of terminal acetylenes is 1. The Morgan fingerprint density at radius 1 is 1.14 bits per heavy atom. The van der Waals surface area contributed by atoms with Gasteiger partial charge < -0.3 is 24.3 Å². The number of hydrogen-bond acceptors (Lipinski definition) is 5. The Kier molecular flexibility index (Phi) is 9.40. The molecule has 0 spiro atoms. The second kappa shape index (κ2) is 12.3. The van der Waals surface area contributed by atoms with Gasteiger partial charge >= 0.3 is 0 Å². The number of rotatable bonds is 12. The maximum absolute atomic E-state index is 12.5. The summed E-state index contributed by atoms with van der Waals surface area (Å²) in [6.45, 7) is 3.06. The highest BCUT2D eigenvalue weighted by Gasteiger charge is 2.19. The van der Waals surface area contributed by atoms with Gasteiger partial charge in [-0.3, -0.25) is 4.79 Å². The van der Waals surface area contributed by atoms with E-state index >= 15 is 0 Å². The van der Waals surface area contributed by atoms with Crippen LogP contribution in [0, 0.1) is 12.3 Å². The molecule has 6 nitrogen and oxygen atoms in total. The monoisotopic (exact) mass is 397 g/mol. The van der Waals surface area contributed by atoms with E-state index in [1.807, 2.05) is 55.5 Å². The molecule has 0 fully saturated rings. The number of amides is 1. The highest BCUT2D eigenvalue weighted by Crippen LogP contribution is 2.28. The zero-order chi connectivity index (χ0) is 20.9. The molecule has 2 aromatic rings. The Morgan fingerprint density at radius 2 is 1.93 bits per heavy atom. The lowest BCUT2D eigenvalue weighted by molar-refractivity contribution is -0.134. The smallest absolute Gasteiger partial charge is 0.252 e. The third kappa shape index (κ3) is 7.40. The van der Waals surface area contributed by atoms with Crippen LogP contribution in [0.4, 0.5) is 0 Å². The van der Waals surface area contributed by atoms with E-state index in [-0.39, 0.29) is 19.1 Å². The molecule has 0 saturated heterocycles. The van der Waals surface area contributed by atoms with Crippen LogP contribution < -0.4 is 19.5 Å². The highest BCUT2D eigenvalue weighted by molar-refractivity contribution is 5.81. The first-order chi connectivity index (χ1) is 14.2. The first-order valence-electron chi connectivity index (χ1n) is 9.48. The number of para-hydroxylation sites is 1. The molecule has 1 amide bonds. The van der Waals surface area contributed by atoms with Crippen molar-refractivity contribution < 1.29 is 23.7 Å². The molecule has 0 radical (unpaired) electrons. The molecule has 0 heterocycles. The molecule has 0 aliphatic heterocycles. The predicted molar refractivity (Wildman–Crippen MR) is 111 cm³/mol. The molecule has 1 atom stereocenters. The minimum atomic E-state index is -0.672. The molecule has 1 unspecified atom stereocenters. The quantitative estimate of drug-likeness (QED) is 0.558. The van der Waals surface area contributed by atoms with Crippen LogP contribution >= 0.6 is 0 Å². The molecule has 154 valence electrons. The molecule has 0 bridgehead atoms. The minimum absolute atomic E-state index is 0.152. The first kappa shape index (κ1) is 22.1. The third-order valence-corrected chi connectivity index (χ3v) is 4.06. The second-order valence-corrected chi connectivity index (χ2v) is 6.09. The average molecular weight is 397 g/mol. The number of methoxy groups -OCH3 is 1. The van der Waals surface area contributed by atoms with Gasteiger partial charge in [0.15, 0.2) is 17.6 Å². The van der Waals surface area contributed by atoms with Crippen molar-refractivity contribution in [3.8, 4) is 29.6 Å². The zero-order valence-electron chi connectivity index (χ0n) is 16.9. The Bertz CT molecular complexity index is 801. The Balaban J connectivity index is 1.85. The lowest BCUT2D eigenvalue weighted by Gasteiger charge is -2.17. The van der Waals surface area contributed by atoms with Gasteiger partial charge in [0.25, 0.3) is 5.91 Å². The average Bonchev–Trinajstić information content (AvgIpc) is 2.76. The van der Waals surface area contributed by atoms with Crippen molar-refractivity contribution in [3.05, 3.63) is 54.1 Å². The summed E-state index contributed by atoms with van der Waals surface area (Å²) in [5.74, 6) is 4.11. The van der Waals surface area contributed by atoms with Crippen molar-refractivity contribution in [1.82, 2.24) is 5.32 Å². The van der Waals surface area contributed by atoms with Gasteiger partial charge in [0.05, 0.1) is 7.11 Å².